The van der Waals surface area contributed by atoms with E-state index in [9.17, 15) is 0 Å². The molecule has 0 spiro atoms. The van der Waals surface area contributed by atoms with Crippen molar-refractivity contribution in [2.45, 2.75) is 0 Å². The van der Waals surface area contributed by atoms with E-state index in [0.29, 0.717) is 0 Å². The fourth-order valence-corrected chi connectivity index (χ4v) is 1.45. The first kappa shape index (κ1) is 9.75. The monoisotopic (exact) mass is 201 g/mol. The number of anilines is 1. The van der Waals surface area contributed by atoms with Crippen LogP contribution in [0.15, 0.2) is 24.3 Å². The van der Waals surface area contributed by atoms with Crippen LogP contribution < -0.4 is 10.4 Å². The van der Waals surface area contributed by atoms with E-state index < -0.39 is 5.54 Å². The summed E-state index contributed by atoms with van der Waals surface area (Å²) in [5, 5.41) is 0. The van der Waals surface area contributed by atoms with Crippen LogP contribution in [0.4, 0.5) is 5.69 Å². The van der Waals surface area contributed by atoms with E-state index in [1.54, 1.807) is 0 Å². The summed E-state index contributed by atoms with van der Waals surface area (Å²) in [7, 11) is 3.93. The Labute approximate surface area is 83.2 Å². The number of nitrogens with zero attached hydrogens (tertiary/aromatic N) is 1. The predicted octanol–water partition coefficient (Wildman–Crippen LogP) is 1.93. The van der Waals surface area contributed by atoms with E-state index in [0.717, 1.165) is 11.2 Å². The Morgan fingerprint density at radius 1 is 1.17 bits per heavy atom. The third-order valence-corrected chi connectivity index (χ3v) is 2.12. The zero-order valence-electron chi connectivity index (χ0n) is 7.09. The normalized spacial score (nSPS) is 9.67. The quantitative estimate of drug-likeness (QED) is 0.662. The minimum absolute atomic E-state index is 0.455. The molecule has 12 heavy (non-hydrogen) atoms. The SMILES string of the molecule is CN(C)c1ccccc1B(Cl)Cl. The van der Waals surface area contributed by atoms with Crippen molar-refractivity contribution in [3.63, 3.8) is 0 Å². The van der Waals surface area contributed by atoms with Crippen molar-refractivity contribution in [1.82, 2.24) is 0 Å². The Kier molecular flexibility index (Phi) is 3.30. The fourth-order valence-electron chi connectivity index (χ4n) is 1.08. The van der Waals surface area contributed by atoms with E-state index in [-0.39, 0.29) is 0 Å². The number of halogens is 2. The maximum atomic E-state index is 5.79. The van der Waals surface area contributed by atoms with Gasteiger partial charge in [0.1, 0.15) is 0 Å². The molecule has 0 aliphatic carbocycles. The Bertz CT molecular complexity index is 236. The fraction of sp³-hybridized carbons (Fsp3) is 0.250. The minimum atomic E-state index is -0.455. The lowest BCUT2D eigenvalue weighted by Gasteiger charge is -2.16. The summed E-state index contributed by atoms with van der Waals surface area (Å²) in [6.07, 6.45) is 0. The second-order valence-corrected chi connectivity index (χ2v) is 3.85. The molecule has 0 unspecified atom stereocenters. The van der Waals surface area contributed by atoms with Gasteiger partial charge in [-0.3, -0.25) is 0 Å². The van der Waals surface area contributed by atoms with Crippen molar-refractivity contribution in [3.05, 3.63) is 24.3 Å². The molecule has 0 saturated carbocycles. The van der Waals surface area contributed by atoms with Crippen molar-refractivity contribution in [3.8, 4) is 0 Å². The number of para-hydroxylation sites is 1. The van der Waals surface area contributed by atoms with Crippen LogP contribution in [0.3, 0.4) is 0 Å². The van der Waals surface area contributed by atoms with Crippen molar-refractivity contribution in [2.24, 2.45) is 0 Å². The van der Waals surface area contributed by atoms with Crippen LogP contribution in [0, 0.1) is 0 Å². The largest absolute Gasteiger partial charge is 0.384 e. The molecule has 0 bridgehead atoms. The van der Waals surface area contributed by atoms with Gasteiger partial charge in [-0.15, -0.1) is 0 Å². The van der Waals surface area contributed by atoms with Gasteiger partial charge in [0, 0.05) is 19.8 Å². The summed E-state index contributed by atoms with van der Waals surface area (Å²) in [5.41, 5.74) is 1.56. The zero-order chi connectivity index (χ0) is 9.14. The summed E-state index contributed by atoms with van der Waals surface area (Å²) in [6, 6.07) is 7.82. The van der Waals surface area contributed by atoms with Crippen LogP contribution in [0.2, 0.25) is 0 Å². The predicted molar refractivity (Wildman–Crippen MR) is 57.9 cm³/mol. The molecular formula is C8H10BCl2N. The van der Waals surface area contributed by atoms with E-state index in [1.807, 2.05) is 43.3 Å². The highest BCUT2D eigenvalue weighted by atomic mass is 35.5. The third-order valence-electron chi connectivity index (χ3n) is 1.65. The first-order valence-electron chi connectivity index (χ1n) is 3.67. The molecular weight excluding hydrogens is 192 g/mol. The van der Waals surface area contributed by atoms with Gasteiger partial charge in [0.15, 0.2) is 0 Å². The Balaban J connectivity index is 3.09. The highest BCUT2D eigenvalue weighted by molar-refractivity contribution is 7.39. The van der Waals surface area contributed by atoms with E-state index in [4.69, 9.17) is 22.9 Å². The highest BCUT2D eigenvalue weighted by Gasteiger charge is 2.14. The maximum Gasteiger partial charge on any atom is 0.384 e. The third kappa shape index (κ3) is 2.08. The highest BCUT2D eigenvalue weighted by Crippen LogP contribution is 2.11. The van der Waals surface area contributed by atoms with Gasteiger partial charge in [-0.2, -0.15) is 22.9 Å². The zero-order valence-corrected chi connectivity index (χ0v) is 8.60. The molecule has 1 aromatic carbocycles. The Morgan fingerprint density at radius 2 is 1.75 bits per heavy atom. The Morgan fingerprint density at radius 3 is 2.17 bits per heavy atom. The maximum absolute atomic E-state index is 5.79. The summed E-state index contributed by atoms with van der Waals surface area (Å²) < 4.78 is 0. The number of benzene rings is 1. The van der Waals surface area contributed by atoms with Gasteiger partial charge >= 0.3 is 5.54 Å². The van der Waals surface area contributed by atoms with Gasteiger partial charge in [0.05, 0.1) is 0 Å². The summed E-state index contributed by atoms with van der Waals surface area (Å²) in [4.78, 5) is 1.99. The van der Waals surface area contributed by atoms with Crippen LogP contribution in [0.1, 0.15) is 0 Å². The molecule has 0 aromatic heterocycles. The van der Waals surface area contributed by atoms with Gasteiger partial charge in [0.2, 0.25) is 0 Å². The smallest absolute Gasteiger partial charge is 0.378 e. The standard InChI is InChI=1S/C8H10BCl2N/c1-12(2)8-6-4-3-5-7(8)9(10)11/h3-6H,1-2H3. The van der Waals surface area contributed by atoms with Crippen molar-refractivity contribution >= 4 is 39.6 Å². The molecule has 0 radical (unpaired) electrons. The molecule has 0 N–H and O–H groups in total. The van der Waals surface area contributed by atoms with Gasteiger partial charge in [-0.25, -0.2) is 0 Å². The second kappa shape index (κ2) is 4.06. The molecule has 1 rings (SSSR count). The molecule has 0 atom stereocenters. The van der Waals surface area contributed by atoms with Crippen LogP contribution in [0.5, 0.6) is 0 Å². The molecule has 64 valence electrons. The van der Waals surface area contributed by atoms with E-state index >= 15 is 0 Å². The van der Waals surface area contributed by atoms with Gasteiger partial charge in [0.25, 0.3) is 0 Å². The van der Waals surface area contributed by atoms with E-state index in [1.165, 1.54) is 0 Å². The number of hydrogen-bond donors (Lipinski definition) is 0. The molecule has 1 aromatic rings. The van der Waals surface area contributed by atoms with Gasteiger partial charge in [-0.05, 0) is 11.5 Å². The van der Waals surface area contributed by atoms with Crippen molar-refractivity contribution in [2.75, 3.05) is 19.0 Å². The van der Waals surface area contributed by atoms with Gasteiger partial charge < -0.3 is 4.90 Å². The van der Waals surface area contributed by atoms with E-state index in [2.05, 4.69) is 0 Å². The molecule has 0 fully saturated rings. The van der Waals surface area contributed by atoms with Crippen LogP contribution in [-0.2, 0) is 0 Å². The van der Waals surface area contributed by atoms with Crippen LogP contribution >= 0.6 is 22.9 Å². The van der Waals surface area contributed by atoms with Crippen molar-refractivity contribution in [1.29, 1.82) is 0 Å². The lowest BCUT2D eigenvalue weighted by atomic mass is 9.91. The molecule has 0 saturated heterocycles. The first-order chi connectivity index (χ1) is 5.63. The number of hydrogen-bond acceptors (Lipinski definition) is 1. The lowest BCUT2D eigenvalue weighted by molar-refractivity contribution is 1.14. The average molecular weight is 202 g/mol. The first-order valence-corrected chi connectivity index (χ1v) is 4.54. The summed E-state index contributed by atoms with van der Waals surface area (Å²) >= 11 is 11.6. The summed E-state index contributed by atoms with van der Waals surface area (Å²) in [6.45, 7) is 0. The summed E-state index contributed by atoms with van der Waals surface area (Å²) in [5.74, 6) is 0. The molecule has 1 nitrogen and oxygen atoms in total. The van der Waals surface area contributed by atoms with Crippen molar-refractivity contribution < 1.29 is 0 Å². The minimum Gasteiger partial charge on any atom is -0.378 e. The average Bonchev–Trinajstić information content (AvgIpc) is 2.04. The molecule has 0 heterocycles. The number of rotatable bonds is 2. The molecule has 0 amide bonds. The topological polar surface area (TPSA) is 3.24 Å². The molecule has 4 heteroatoms. The molecule has 0 aliphatic rings. The van der Waals surface area contributed by atoms with Gasteiger partial charge in [-0.1, -0.05) is 18.2 Å². The Hall–Kier alpha value is -0.335. The second-order valence-electron chi connectivity index (χ2n) is 2.75. The lowest BCUT2D eigenvalue weighted by Crippen LogP contribution is -2.26. The van der Waals surface area contributed by atoms with Crippen LogP contribution in [-0.4, -0.2) is 19.6 Å². The van der Waals surface area contributed by atoms with Crippen LogP contribution in [0.25, 0.3) is 0 Å². The molecule has 0 aliphatic heterocycles.